The summed E-state index contributed by atoms with van der Waals surface area (Å²) in [6.07, 6.45) is 1.43. The zero-order chi connectivity index (χ0) is 16.0. The molecule has 22 heavy (non-hydrogen) atoms. The first-order valence-electron chi connectivity index (χ1n) is 6.27. The van der Waals surface area contributed by atoms with Crippen molar-refractivity contribution >= 4 is 33.6 Å². The van der Waals surface area contributed by atoms with Crippen LogP contribution < -0.4 is 10.3 Å². The third kappa shape index (κ3) is 5.00. The van der Waals surface area contributed by atoms with E-state index in [-0.39, 0.29) is 0 Å². The normalized spacial score (nSPS) is 11.5. The number of carbonyl (C=O) groups excluding carboxylic acids is 1. The van der Waals surface area contributed by atoms with Crippen LogP contribution in [0.3, 0.4) is 0 Å². The van der Waals surface area contributed by atoms with Gasteiger partial charge in [-0.3, -0.25) is 10.2 Å². The van der Waals surface area contributed by atoms with E-state index in [0.29, 0.717) is 10.6 Å². The zero-order valence-electron chi connectivity index (χ0n) is 11.4. The van der Waals surface area contributed by atoms with Crippen molar-refractivity contribution in [3.8, 4) is 0 Å². The van der Waals surface area contributed by atoms with Gasteiger partial charge < -0.3 is 0 Å². The lowest BCUT2D eigenvalue weighted by Crippen LogP contribution is -2.40. The molecule has 0 aliphatic carbocycles. The minimum Gasteiger partial charge on any atom is -0.274 e. The van der Waals surface area contributed by atoms with Gasteiger partial charge in [-0.05, 0) is 35.9 Å². The van der Waals surface area contributed by atoms with Crippen molar-refractivity contribution in [2.45, 2.75) is 0 Å². The Hall–Kier alpha value is -2.15. The summed E-state index contributed by atoms with van der Waals surface area (Å²) < 4.78 is 23.5. The summed E-state index contributed by atoms with van der Waals surface area (Å²) in [7, 11) is -3.78. The highest BCUT2D eigenvalue weighted by molar-refractivity contribution is 7.92. The van der Waals surface area contributed by atoms with Gasteiger partial charge in [0.05, 0.1) is 0 Å². The molecule has 5 nitrogen and oxygen atoms in total. The number of nitrogens with one attached hydrogen (secondary N) is 2. The first-order chi connectivity index (χ1) is 10.5. The Balaban J connectivity index is 1.96. The first kappa shape index (κ1) is 16.2. The molecular weight excluding hydrogens is 324 g/mol. The predicted molar refractivity (Wildman–Crippen MR) is 86.4 cm³/mol. The van der Waals surface area contributed by atoms with Gasteiger partial charge in [-0.25, -0.2) is 8.42 Å². The summed E-state index contributed by atoms with van der Waals surface area (Å²) in [5.74, 6) is -0.576. The van der Waals surface area contributed by atoms with Crippen molar-refractivity contribution in [2.24, 2.45) is 0 Å². The van der Waals surface area contributed by atoms with Crippen LogP contribution in [0, 0.1) is 0 Å². The molecule has 0 aromatic heterocycles. The molecule has 0 bridgehead atoms. The van der Waals surface area contributed by atoms with Gasteiger partial charge in [-0.15, -0.1) is 4.83 Å². The molecule has 2 N–H and O–H groups in total. The van der Waals surface area contributed by atoms with Crippen molar-refractivity contribution in [2.75, 3.05) is 0 Å². The molecule has 7 heteroatoms. The molecule has 1 amide bonds. The van der Waals surface area contributed by atoms with Crippen LogP contribution in [0.5, 0.6) is 0 Å². The molecule has 0 unspecified atom stereocenters. The van der Waals surface area contributed by atoms with Gasteiger partial charge in [0.1, 0.15) is 0 Å². The Morgan fingerprint density at radius 3 is 2.27 bits per heavy atom. The maximum absolute atomic E-state index is 11.8. The van der Waals surface area contributed by atoms with E-state index in [1.807, 2.05) is 10.9 Å². The molecule has 0 spiro atoms. The highest BCUT2D eigenvalue weighted by atomic mass is 35.5. The van der Waals surface area contributed by atoms with Crippen LogP contribution in [0.4, 0.5) is 0 Å². The third-order valence-electron chi connectivity index (χ3n) is 2.65. The van der Waals surface area contributed by atoms with Crippen molar-refractivity contribution in [3.63, 3.8) is 0 Å². The van der Waals surface area contributed by atoms with Crippen LogP contribution in [0.2, 0.25) is 5.02 Å². The number of halogens is 1. The SMILES string of the molecule is O=C(NNS(=O)(=O)/C=C/c1ccccc1)c1ccc(Cl)cc1. The largest absolute Gasteiger partial charge is 0.274 e. The second-order valence-corrected chi connectivity index (χ2v) is 6.32. The van der Waals surface area contributed by atoms with E-state index in [2.05, 4.69) is 5.43 Å². The Bertz CT molecular complexity index is 772. The molecule has 0 fully saturated rings. The van der Waals surface area contributed by atoms with Gasteiger partial charge in [-0.2, -0.15) is 0 Å². The standard InChI is InChI=1S/C15H13ClN2O3S/c16-14-8-6-13(7-9-14)15(19)17-18-22(20,21)11-10-12-4-2-1-3-5-12/h1-11,18H,(H,17,19)/b11-10+. The maximum atomic E-state index is 11.8. The van der Waals surface area contributed by atoms with E-state index in [9.17, 15) is 13.2 Å². The van der Waals surface area contributed by atoms with Gasteiger partial charge in [-0.1, -0.05) is 41.9 Å². The number of rotatable bonds is 5. The Kier molecular flexibility index (Phi) is 5.32. The minimum atomic E-state index is -3.78. The predicted octanol–water partition coefficient (Wildman–Crippen LogP) is 2.58. The minimum absolute atomic E-state index is 0.291. The monoisotopic (exact) mass is 336 g/mol. The van der Waals surface area contributed by atoms with E-state index in [1.165, 1.54) is 18.2 Å². The molecular formula is C15H13ClN2O3S. The lowest BCUT2D eigenvalue weighted by atomic mass is 10.2. The van der Waals surface area contributed by atoms with Crippen molar-refractivity contribution in [3.05, 3.63) is 76.2 Å². The zero-order valence-corrected chi connectivity index (χ0v) is 12.9. The molecule has 2 aromatic rings. The Labute approximate surface area is 133 Å². The van der Waals surface area contributed by atoms with Gasteiger partial charge in [0, 0.05) is 16.0 Å². The molecule has 0 aliphatic rings. The number of benzene rings is 2. The van der Waals surface area contributed by atoms with Gasteiger partial charge in [0.15, 0.2) is 0 Å². The van der Waals surface area contributed by atoms with E-state index in [4.69, 9.17) is 11.6 Å². The summed E-state index contributed by atoms with van der Waals surface area (Å²) in [5, 5.41) is 1.47. The molecule has 0 heterocycles. The molecule has 2 aromatic carbocycles. The number of hydrogen-bond donors (Lipinski definition) is 2. The van der Waals surface area contributed by atoms with Gasteiger partial charge >= 0.3 is 0 Å². The van der Waals surface area contributed by atoms with Crippen LogP contribution in [0.1, 0.15) is 15.9 Å². The van der Waals surface area contributed by atoms with Gasteiger partial charge in [0.25, 0.3) is 15.9 Å². The number of amides is 1. The average molecular weight is 337 g/mol. The molecule has 2 rings (SSSR count). The average Bonchev–Trinajstić information content (AvgIpc) is 2.53. The van der Waals surface area contributed by atoms with E-state index >= 15 is 0 Å². The number of hydrogen-bond acceptors (Lipinski definition) is 3. The van der Waals surface area contributed by atoms with E-state index in [0.717, 1.165) is 11.0 Å². The summed E-state index contributed by atoms with van der Waals surface area (Å²) in [6.45, 7) is 0. The summed E-state index contributed by atoms with van der Waals surface area (Å²) >= 11 is 5.71. The van der Waals surface area contributed by atoms with Crippen LogP contribution in [-0.4, -0.2) is 14.3 Å². The molecule has 0 atom stereocenters. The number of sulfonamides is 1. The summed E-state index contributed by atoms with van der Waals surface area (Å²) in [6, 6.07) is 15.0. The summed E-state index contributed by atoms with van der Waals surface area (Å²) in [5.41, 5.74) is 3.15. The molecule has 0 saturated carbocycles. The van der Waals surface area contributed by atoms with Crippen LogP contribution in [0.15, 0.2) is 60.0 Å². The van der Waals surface area contributed by atoms with E-state index in [1.54, 1.807) is 36.4 Å². The third-order valence-corrected chi connectivity index (χ3v) is 3.79. The highest BCUT2D eigenvalue weighted by Crippen LogP contribution is 2.09. The smallest absolute Gasteiger partial charge is 0.266 e. The molecule has 0 saturated heterocycles. The fraction of sp³-hybridized carbons (Fsp3) is 0. The second kappa shape index (κ2) is 7.22. The Morgan fingerprint density at radius 1 is 1.00 bits per heavy atom. The molecule has 114 valence electrons. The van der Waals surface area contributed by atoms with Crippen LogP contribution in [-0.2, 0) is 10.0 Å². The fourth-order valence-electron chi connectivity index (χ4n) is 1.56. The second-order valence-electron chi connectivity index (χ2n) is 4.32. The lowest BCUT2D eigenvalue weighted by molar-refractivity contribution is 0.0945. The first-order valence-corrected chi connectivity index (χ1v) is 8.19. The fourth-order valence-corrected chi connectivity index (χ4v) is 2.32. The topological polar surface area (TPSA) is 75.3 Å². The maximum Gasteiger partial charge on any atom is 0.266 e. The van der Waals surface area contributed by atoms with Crippen LogP contribution >= 0.6 is 11.6 Å². The highest BCUT2D eigenvalue weighted by Gasteiger charge is 2.09. The van der Waals surface area contributed by atoms with Crippen molar-refractivity contribution < 1.29 is 13.2 Å². The van der Waals surface area contributed by atoms with Crippen molar-refractivity contribution in [1.82, 2.24) is 10.3 Å². The van der Waals surface area contributed by atoms with E-state index < -0.39 is 15.9 Å². The number of carbonyl (C=O) groups is 1. The van der Waals surface area contributed by atoms with Crippen LogP contribution in [0.25, 0.3) is 6.08 Å². The molecule has 0 radical (unpaired) electrons. The Morgan fingerprint density at radius 2 is 1.64 bits per heavy atom. The quantitative estimate of drug-likeness (QED) is 0.824. The lowest BCUT2D eigenvalue weighted by Gasteiger charge is -2.05. The summed E-state index contributed by atoms with van der Waals surface area (Å²) in [4.78, 5) is 13.8. The van der Waals surface area contributed by atoms with Gasteiger partial charge in [0.2, 0.25) is 0 Å². The molecule has 0 aliphatic heterocycles. The van der Waals surface area contributed by atoms with Crippen molar-refractivity contribution in [1.29, 1.82) is 0 Å². The number of hydrazine groups is 1.